The number of aromatic nitrogens is 2. The topological polar surface area (TPSA) is 75.2 Å². The zero-order valence-corrected chi connectivity index (χ0v) is 11.3. The Morgan fingerprint density at radius 1 is 1.39 bits per heavy atom. The van der Waals surface area contributed by atoms with Crippen molar-refractivity contribution in [3.05, 3.63) is 5.01 Å². The highest BCUT2D eigenvalue weighted by atomic mass is 32.1. The molecule has 1 aromatic heterocycles. The van der Waals surface area contributed by atoms with Crippen LogP contribution in [0.2, 0.25) is 0 Å². The Morgan fingerprint density at radius 3 is 2.78 bits per heavy atom. The van der Waals surface area contributed by atoms with Crippen molar-refractivity contribution in [1.82, 2.24) is 15.1 Å². The quantitative estimate of drug-likeness (QED) is 0.776. The van der Waals surface area contributed by atoms with E-state index < -0.39 is 11.8 Å². The maximum Gasteiger partial charge on any atom is 0.315 e. The van der Waals surface area contributed by atoms with Gasteiger partial charge in [-0.2, -0.15) is 0 Å². The highest BCUT2D eigenvalue weighted by Gasteiger charge is 2.28. The summed E-state index contributed by atoms with van der Waals surface area (Å²) in [6.45, 7) is 4.42. The van der Waals surface area contributed by atoms with Crippen LogP contribution in [0.3, 0.4) is 0 Å². The first kappa shape index (κ1) is 12.9. The van der Waals surface area contributed by atoms with Crippen LogP contribution in [-0.4, -0.2) is 39.5 Å². The van der Waals surface area contributed by atoms with Gasteiger partial charge < -0.3 is 4.90 Å². The molecule has 1 atom stereocenters. The van der Waals surface area contributed by atoms with E-state index in [1.807, 2.05) is 6.92 Å². The van der Waals surface area contributed by atoms with Gasteiger partial charge in [-0.1, -0.05) is 11.3 Å². The van der Waals surface area contributed by atoms with E-state index in [4.69, 9.17) is 0 Å². The molecule has 0 spiro atoms. The van der Waals surface area contributed by atoms with Gasteiger partial charge >= 0.3 is 11.8 Å². The lowest BCUT2D eigenvalue weighted by atomic mass is 10.0. The zero-order chi connectivity index (χ0) is 13.1. The minimum Gasteiger partial charge on any atom is -0.332 e. The molecule has 2 amide bonds. The summed E-state index contributed by atoms with van der Waals surface area (Å²) in [5.74, 6) is -1.10. The molecule has 18 heavy (non-hydrogen) atoms. The third kappa shape index (κ3) is 2.84. The summed E-state index contributed by atoms with van der Waals surface area (Å²) >= 11 is 1.26. The summed E-state index contributed by atoms with van der Waals surface area (Å²) in [6.07, 6.45) is 3.03. The number of rotatable bonds is 1. The van der Waals surface area contributed by atoms with Crippen LogP contribution in [0.15, 0.2) is 0 Å². The Morgan fingerprint density at radius 2 is 2.17 bits per heavy atom. The second kappa shape index (κ2) is 5.43. The van der Waals surface area contributed by atoms with Crippen molar-refractivity contribution in [2.75, 3.05) is 11.9 Å². The van der Waals surface area contributed by atoms with Gasteiger partial charge in [0.05, 0.1) is 0 Å². The molecule has 0 radical (unpaired) electrons. The van der Waals surface area contributed by atoms with Gasteiger partial charge in [0.1, 0.15) is 5.01 Å². The van der Waals surface area contributed by atoms with Gasteiger partial charge in [-0.25, -0.2) is 0 Å². The summed E-state index contributed by atoms with van der Waals surface area (Å²) < 4.78 is 0. The van der Waals surface area contributed by atoms with E-state index in [0.29, 0.717) is 11.7 Å². The largest absolute Gasteiger partial charge is 0.332 e. The lowest BCUT2D eigenvalue weighted by molar-refractivity contribution is -0.145. The molecule has 1 aliphatic rings. The highest BCUT2D eigenvalue weighted by Crippen LogP contribution is 2.18. The molecule has 1 aromatic rings. The molecule has 0 saturated carbocycles. The van der Waals surface area contributed by atoms with E-state index in [1.165, 1.54) is 11.3 Å². The minimum atomic E-state index is -0.625. The van der Waals surface area contributed by atoms with E-state index >= 15 is 0 Å². The molecule has 0 bridgehead atoms. The monoisotopic (exact) mass is 268 g/mol. The molecule has 1 N–H and O–H groups in total. The summed E-state index contributed by atoms with van der Waals surface area (Å²) in [6, 6.07) is 0.133. The molecule has 6 nitrogen and oxygen atoms in total. The fraction of sp³-hybridized carbons (Fsp3) is 0.636. The lowest BCUT2D eigenvalue weighted by Gasteiger charge is -2.32. The average Bonchev–Trinajstić information content (AvgIpc) is 2.74. The fourth-order valence-electron chi connectivity index (χ4n) is 2.03. The maximum absolute atomic E-state index is 12.0. The molecule has 1 aliphatic heterocycles. The Balaban J connectivity index is 1.98. The first-order valence-electron chi connectivity index (χ1n) is 6.00. The predicted octanol–water partition coefficient (Wildman–Crippen LogP) is 1.19. The van der Waals surface area contributed by atoms with Crippen molar-refractivity contribution in [3.8, 4) is 0 Å². The molecular formula is C11H16N4O2S. The number of carbonyl (C=O) groups excluding carboxylic acids is 2. The van der Waals surface area contributed by atoms with E-state index in [0.717, 1.165) is 24.3 Å². The van der Waals surface area contributed by atoms with Crippen molar-refractivity contribution in [2.24, 2.45) is 0 Å². The molecule has 1 saturated heterocycles. The van der Waals surface area contributed by atoms with Crippen LogP contribution in [0.1, 0.15) is 31.2 Å². The second-order valence-electron chi connectivity index (χ2n) is 4.42. The third-order valence-electron chi connectivity index (χ3n) is 3.00. The molecule has 1 fully saturated rings. The van der Waals surface area contributed by atoms with E-state index in [-0.39, 0.29) is 6.04 Å². The first-order chi connectivity index (χ1) is 8.58. The fourth-order valence-corrected chi connectivity index (χ4v) is 2.61. The number of carbonyl (C=O) groups is 2. The average molecular weight is 268 g/mol. The zero-order valence-electron chi connectivity index (χ0n) is 10.5. The van der Waals surface area contributed by atoms with Gasteiger partial charge in [-0.15, -0.1) is 10.2 Å². The number of nitrogens with zero attached hydrogens (tertiary/aromatic N) is 3. The van der Waals surface area contributed by atoms with E-state index in [2.05, 4.69) is 15.5 Å². The number of nitrogens with one attached hydrogen (secondary N) is 1. The van der Waals surface area contributed by atoms with Gasteiger partial charge in [0.2, 0.25) is 5.13 Å². The molecular weight excluding hydrogens is 252 g/mol. The second-order valence-corrected chi connectivity index (χ2v) is 5.61. The van der Waals surface area contributed by atoms with Crippen molar-refractivity contribution >= 4 is 28.3 Å². The summed E-state index contributed by atoms with van der Waals surface area (Å²) in [5, 5.41) is 11.2. The molecule has 7 heteroatoms. The van der Waals surface area contributed by atoms with Gasteiger partial charge in [0.15, 0.2) is 0 Å². The lowest BCUT2D eigenvalue weighted by Crippen LogP contribution is -2.47. The van der Waals surface area contributed by atoms with Gasteiger partial charge in [0.25, 0.3) is 0 Å². The van der Waals surface area contributed by atoms with E-state index in [9.17, 15) is 9.59 Å². The third-order valence-corrected chi connectivity index (χ3v) is 3.76. The van der Waals surface area contributed by atoms with Crippen molar-refractivity contribution in [3.63, 3.8) is 0 Å². The Labute approximate surface area is 109 Å². The van der Waals surface area contributed by atoms with Crippen LogP contribution in [0.5, 0.6) is 0 Å². The van der Waals surface area contributed by atoms with Gasteiger partial charge in [0, 0.05) is 12.6 Å². The Hall–Kier alpha value is -1.50. The summed E-state index contributed by atoms with van der Waals surface area (Å²) in [4.78, 5) is 25.4. The summed E-state index contributed by atoms with van der Waals surface area (Å²) in [7, 11) is 0. The SMILES string of the molecule is Cc1nnc(NC(=O)C(=O)N2CCCC[C@H]2C)s1. The standard InChI is InChI=1S/C11H16N4O2S/c1-7-5-3-4-6-15(7)10(17)9(16)12-11-14-13-8(2)18-11/h7H,3-6H2,1-2H3,(H,12,14,16)/t7-/m1/s1. The van der Waals surface area contributed by atoms with Gasteiger partial charge in [-0.05, 0) is 33.1 Å². The maximum atomic E-state index is 12.0. The molecule has 0 unspecified atom stereocenters. The summed E-state index contributed by atoms with van der Waals surface area (Å²) in [5.41, 5.74) is 0. The number of aryl methyl sites for hydroxylation is 1. The van der Waals surface area contributed by atoms with Crippen LogP contribution in [-0.2, 0) is 9.59 Å². The van der Waals surface area contributed by atoms with Crippen LogP contribution in [0.25, 0.3) is 0 Å². The van der Waals surface area contributed by atoms with E-state index in [1.54, 1.807) is 11.8 Å². The molecule has 0 aromatic carbocycles. The highest BCUT2D eigenvalue weighted by molar-refractivity contribution is 7.15. The number of amides is 2. The first-order valence-corrected chi connectivity index (χ1v) is 6.81. The van der Waals surface area contributed by atoms with Crippen LogP contribution in [0, 0.1) is 6.92 Å². The van der Waals surface area contributed by atoms with Crippen LogP contribution >= 0.6 is 11.3 Å². The number of piperidine rings is 1. The molecule has 2 heterocycles. The number of anilines is 1. The minimum absolute atomic E-state index is 0.133. The number of hydrogen-bond donors (Lipinski definition) is 1. The smallest absolute Gasteiger partial charge is 0.315 e. The molecule has 2 rings (SSSR count). The Bertz CT molecular complexity index is 460. The van der Waals surface area contributed by atoms with Crippen molar-refractivity contribution in [1.29, 1.82) is 0 Å². The molecule has 0 aliphatic carbocycles. The number of likely N-dealkylation sites (tertiary alicyclic amines) is 1. The number of hydrogen-bond acceptors (Lipinski definition) is 5. The predicted molar refractivity (Wildman–Crippen MR) is 68.3 cm³/mol. The van der Waals surface area contributed by atoms with Gasteiger partial charge in [-0.3, -0.25) is 14.9 Å². The normalized spacial score (nSPS) is 19.7. The van der Waals surface area contributed by atoms with Crippen molar-refractivity contribution in [2.45, 2.75) is 39.2 Å². The van der Waals surface area contributed by atoms with Crippen molar-refractivity contribution < 1.29 is 9.59 Å². The van der Waals surface area contributed by atoms with Crippen LogP contribution in [0.4, 0.5) is 5.13 Å². The molecule has 98 valence electrons. The van der Waals surface area contributed by atoms with Crippen LogP contribution < -0.4 is 5.32 Å². The Kier molecular flexibility index (Phi) is 3.90.